The van der Waals surface area contributed by atoms with Crippen molar-refractivity contribution in [2.24, 2.45) is 13.0 Å². The molecule has 0 radical (unpaired) electrons. The number of ether oxygens (including phenoxy) is 1. The third-order valence-electron chi connectivity index (χ3n) is 5.89. The predicted octanol–water partition coefficient (Wildman–Crippen LogP) is 3.59. The van der Waals surface area contributed by atoms with Gasteiger partial charge in [0.1, 0.15) is 5.75 Å². The molecular weight excluding hydrogens is 402 g/mol. The first-order valence-electron chi connectivity index (χ1n) is 10.3. The fraction of sp³-hybridized carbons (Fsp3) is 0.500. The molecule has 3 atom stereocenters. The molecule has 3 heterocycles. The van der Waals surface area contributed by atoms with E-state index in [1.165, 1.54) is 0 Å². The highest BCUT2D eigenvalue weighted by Gasteiger charge is 2.46. The van der Waals surface area contributed by atoms with Gasteiger partial charge in [-0.3, -0.25) is 9.48 Å². The number of nitriles is 1. The third kappa shape index (κ3) is 3.72. The van der Waals surface area contributed by atoms with Crippen LogP contribution in [-0.2, 0) is 7.05 Å². The summed E-state index contributed by atoms with van der Waals surface area (Å²) >= 11 is 6.69. The van der Waals surface area contributed by atoms with E-state index < -0.39 is 0 Å². The summed E-state index contributed by atoms with van der Waals surface area (Å²) in [5, 5.41) is 17.0. The molecule has 0 saturated carbocycles. The van der Waals surface area contributed by atoms with Gasteiger partial charge in [-0.15, -0.1) is 0 Å². The average molecular weight is 428 g/mol. The van der Waals surface area contributed by atoms with Crippen molar-refractivity contribution in [1.29, 1.82) is 5.26 Å². The Morgan fingerprint density at radius 2 is 2.23 bits per heavy atom. The molecule has 1 N–H and O–H groups in total. The second-order valence-electron chi connectivity index (χ2n) is 8.53. The van der Waals surface area contributed by atoms with Crippen molar-refractivity contribution < 1.29 is 9.53 Å². The third-order valence-corrected chi connectivity index (χ3v) is 6.26. The van der Waals surface area contributed by atoms with Crippen molar-refractivity contribution in [2.75, 3.05) is 6.61 Å². The largest absolute Gasteiger partial charge is 0.491 e. The number of halogens is 1. The predicted molar refractivity (Wildman–Crippen MR) is 114 cm³/mol. The van der Waals surface area contributed by atoms with Gasteiger partial charge in [0.05, 0.1) is 35.5 Å². The van der Waals surface area contributed by atoms with E-state index in [1.807, 2.05) is 24.2 Å². The maximum absolute atomic E-state index is 13.1. The van der Waals surface area contributed by atoms with Gasteiger partial charge in [0.25, 0.3) is 5.91 Å². The van der Waals surface area contributed by atoms with Gasteiger partial charge >= 0.3 is 0 Å². The van der Waals surface area contributed by atoms with Gasteiger partial charge in [0, 0.05) is 30.4 Å². The zero-order valence-corrected chi connectivity index (χ0v) is 18.2. The van der Waals surface area contributed by atoms with Gasteiger partial charge in [0.15, 0.2) is 6.19 Å². The van der Waals surface area contributed by atoms with Gasteiger partial charge in [-0.05, 0) is 37.3 Å². The lowest BCUT2D eigenvalue weighted by Crippen LogP contribution is -2.43. The average Bonchev–Trinajstić information content (AvgIpc) is 3.40. The molecule has 1 aromatic carbocycles. The molecule has 0 spiro atoms. The van der Waals surface area contributed by atoms with E-state index in [2.05, 4.69) is 30.5 Å². The van der Waals surface area contributed by atoms with Gasteiger partial charge in [0.2, 0.25) is 0 Å². The van der Waals surface area contributed by atoms with Crippen molar-refractivity contribution >= 4 is 17.5 Å². The highest BCUT2D eigenvalue weighted by atomic mass is 35.5. The standard InChI is InChI=1S/C22H26ClN5O2/c1-13(2)11-30-21-16(14-9-25-27(3)10-14)5-6-17(20(21)23)22(29)26-18-8-15-4-7-19(18)28(15)12-24/h5-6,9-10,13,15,18-19H,4,7-8,11H2,1-3H3,(H,26,29)/t15-,18+,19+/m0/s1. The Labute approximate surface area is 181 Å². The van der Waals surface area contributed by atoms with Gasteiger partial charge < -0.3 is 15.0 Å². The number of nitrogens with zero attached hydrogens (tertiary/aromatic N) is 4. The van der Waals surface area contributed by atoms with E-state index in [0.29, 0.717) is 28.9 Å². The molecule has 2 aromatic rings. The van der Waals surface area contributed by atoms with Crippen LogP contribution in [0.5, 0.6) is 5.75 Å². The van der Waals surface area contributed by atoms with E-state index >= 15 is 0 Å². The summed E-state index contributed by atoms with van der Waals surface area (Å²) in [6, 6.07) is 3.87. The molecule has 7 nitrogen and oxygen atoms in total. The monoisotopic (exact) mass is 427 g/mol. The molecule has 0 unspecified atom stereocenters. The molecule has 8 heteroatoms. The molecular formula is C22H26ClN5O2. The van der Waals surface area contributed by atoms with Crippen LogP contribution in [0.3, 0.4) is 0 Å². The Balaban J connectivity index is 1.61. The number of hydrogen-bond acceptors (Lipinski definition) is 5. The number of hydrogen-bond donors (Lipinski definition) is 1. The Bertz CT molecular complexity index is 996. The Kier molecular flexibility index (Phi) is 5.61. The Morgan fingerprint density at radius 1 is 1.43 bits per heavy atom. The summed E-state index contributed by atoms with van der Waals surface area (Å²) in [4.78, 5) is 14.9. The lowest BCUT2D eigenvalue weighted by molar-refractivity contribution is 0.0928. The van der Waals surface area contributed by atoms with Gasteiger partial charge in [-0.2, -0.15) is 10.4 Å². The second-order valence-corrected chi connectivity index (χ2v) is 8.91. The van der Waals surface area contributed by atoms with E-state index in [-0.39, 0.29) is 24.0 Å². The second kappa shape index (κ2) is 8.19. The number of fused-ring (bicyclic) bond motifs is 2. The molecule has 4 rings (SSSR count). The van der Waals surface area contributed by atoms with E-state index in [0.717, 1.165) is 30.4 Å². The highest BCUT2D eigenvalue weighted by Crippen LogP contribution is 2.40. The lowest BCUT2D eigenvalue weighted by atomic mass is 9.95. The highest BCUT2D eigenvalue weighted by molar-refractivity contribution is 6.35. The minimum absolute atomic E-state index is 0.0370. The summed E-state index contributed by atoms with van der Waals surface area (Å²) in [5.74, 6) is 0.575. The molecule has 2 aliphatic rings. The SMILES string of the molecule is CC(C)COc1c(-c2cnn(C)c2)ccc(C(=O)N[C@@H]2C[C@@H]3CC[C@H]2N3C#N)c1Cl. The number of benzene rings is 1. The van der Waals surface area contributed by atoms with Crippen LogP contribution in [0.15, 0.2) is 24.5 Å². The number of carbonyl (C=O) groups excluding carboxylic acids is 1. The van der Waals surface area contributed by atoms with E-state index in [9.17, 15) is 10.1 Å². The van der Waals surface area contributed by atoms with Crippen LogP contribution in [0.4, 0.5) is 0 Å². The van der Waals surface area contributed by atoms with Crippen molar-refractivity contribution in [3.05, 3.63) is 35.1 Å². The topological polar surface area (TPSA) is 83.2 Å². The number of amides is 1. The molecule has 158 valence electrons. The van der Waals surface area contributed by atoms with Crippen molar-refractivity contribution in [1.82, 2.24) is 20.0 Å². The van der Waals surface area contributed by atoms with Crippen LogP contribution >= 0.6 is 11.6 Å². The van der Waals surface area contributed by atoms with Crippen molar-refractivity contribution in [3.63, 3.8) is 0 Å². The fourth-order valence-electron chi connectivity index (χ4n) is 4.46. The number of carbonyl (C=O) groups is 1. The maximum atomic E-state index is 13.1. The first-order valence-corrected chi connectivity index (χ1v) is 10.7. The number of aryl methyl sites for hydroxylation is 1. The summed E-state index contributed by atoms with van der Waals surface area (Å²) in [7, 11) is 1.85. The normalized spacial score (nSPS) is 22.4. The minimum atomic E-state index is -0.234. The van der Waals surface area contributed by atoms with Crippen LogP contribution in [0.1, 0.15) is 43.5 Å². The maximum Gasteiger partial charge on any atom is 0.253 e. The smallest absolute Gasteiger partial charge is 0.253 e. The molecule has 2 bridgehead atoms. The van der Waals surface area contributed by atoms with Crippen LogP contribution < -0.4 is 10.1 Å². The van der Waals surface area contributed by atoms with Crippen LogP contribution in [0.2, 0.25) is 5.02 Å². The fourth-order valence-corrected chi connectivity index (χ4v) is 4.76. The summed E-state index contributed by atoms with van der Waals surface area (Å²) < 4.78 is 7.75. The zero-order chi connectivity index (χ0) is 21.4. The van der Waals surface area contributed by atoms with Crippen molar-refractivity contribution in [3.8, 4) is 23.1 Å². The molecule has 30 heavy (non-hydrogen) atoms. The first-order chi connectivity index (χ1) is 14.4. The number of aromatic nitrogens is 2. The zero-order valence-electron chi connectivity index (χ0n) is 17.4. The van der Waals surface area contributed by atoms with Crippen LogP contribution in [0, 0.1) is 17.4 Å². The molecule has 2 saturated heterocycles. The number of nitrogens with one attached hydrogen (secondary N) is 1. The Hall–Kier alpha value is -2.72. The minimum Gasteiger partial charge on any atom is -0.491 e. The molecule has 1 aromatic heterocycles. The molecule has 1 amide bonds. The lowest BCUT2D eigenvalue weighted by Gasteiger charge is -2.23. The Morgan fingerprint density at radius 3 is 2.87 bits per heavy atom. The molecule has 0 aliphatic carbocycles. The summed E-state index contributed by atoms with van der Waals surface area (Å²) in [6.45, 7) is 4.61. The van der Waals surface area contributed by atoms with Crippen molar-refractivity contribution in [2.45, 2.75) is 51.2 Å². The molecule has 2 aliphatic heterocycles. The van der Waals surface area contributed by atoms with E-state index in [1.54, 1.807) is 16.9 Å². The van der Waals surface area contributed by atoms with Gasteiger partial charge in [-0.1, -0.05) is 25.4 Å². The van der Waals surface area contributed by atoms with Crippen LogP contribution in [-0.4, -0.2) is 45.3 Å². The van der Waals surface area contributed by atoms with Gasteiger partial charge in [-0.25, -0.2) is 0 Å². The summed E-state index contributed by atoms with van der Waals surface area (Å²) in [5.41, 5.74) is 2.07. The molecule has 2 fully saturated rings. The number of rotatable bonds is 6. The quantitative estimate of drug-likeness (QED) is 0.712. The summed E-state index contributed by atoms with van der Waals surface area (Å²) in [6.07, 6.45) is 8.65. The van der Waals surface area contributed by atoms with Crippen LogP contribution in [0.25, 0.3) is 11.1 Å². The van der Waals surface area contributed by atoms with E-state index in [4.69, 9.17) is 16.3 Å². The first kappa shape index (κ1) is 20.5.